The van der Waals surface area contributed by atoms with E-state index in [0.717, 1.165) is 10.8 Å². The number of carbonyl (C=O) groups is 3. The van der Waals surface area contributed by atoms with Crippen molar-refractivity contribution >= 4 is 34.2 Å². The lowest BCUT2D eigenvalue weighted by Gasteiger charge is -2.09. The van der Waals surface area contributed by atoms with Crippen molar-refractivity contribution in [2.24, 2.45) is 0 Å². The molecule has 6 nitrogen and oxygen atoms in total. The molecule has 0 saturated heterocycles. The van der Waals surface area contributed by atoms with Gasteiger partial charge in [-0.2, -0.15) is 0 Å². The molecule has 28 heavy (non-hydrogen) atoms. The van der Waals surface area contributed by atoms with Crippen LogP contribution in [0.15, 0.2) is 66.7 Å². The van der Waals surface area contributed by atoms with E-state index in [1.807, 2.05) is 36.4 Å². The van der Waals surface area contributed by atoms with Crippen molar-refractivity contribution in [3.05, 3.63) is 77.9 Å². The van der Waals surface area contributed by atoms with Crippen LogP contribution in [-0.4, -0.2) is 30.8 Å². The van der Waals surface area contributed by atoms with E-state index in [1.165, 1.54) is 6.92 Å². The molecular weight excluding hydrogens is 354 g/mol. The van der Waals surface area contributed by atoms with Gasteiger partial charge >= 0.3 is 0 Å². The second kappa shape index (κ2) is 8.81. The second-order valence-corrected chi connectivity index (χ2v) is 6.30. The standard InChI is InChI=1S/C22H21N3O3/c1-15(26)23-13-14-24-21(27)17-9-11-18(12-10-17)25-22(28)20-8-4-6-16-5-2-3-7-19(16)20/h2-12H,13-14H2,1H3,(H,23,26)(H,24,27)(H,25,28). The number of fused-ring (bicyclic) bond motifs is 1. The van der Waals surface area contributed by atoms with Crippen LogP contribution in [0.1, 0.15) is 27.6 Å². The van der Waals surface area contributed by atoms with E-state index in [4.69, 9.17) is 0 Å². The van der Waals surface area contributed by atoms with Gasteiger partial charge in [-0.25, -0.2) is 0 Å². The summed E-state index contributed by atoms with van der Waals surface area (Å²) >= 11 is 0. The predicted molar refractivity (Wildman–Crippen MR) is 109 cm³/mol. The van der Waals surface area contributed by atoms with Gasteiger partial charge in [0.25, 0.3) is 11.8 Å². The molecule has 0 heterocycles. The third-order valence-corrected chi connectivity index (χ3v) is 4.22. The first-order valence-corrected chi connectivity index (χ1v) is 8.96. The Balaban J connectivity index is 1.63. The van der Waals surface area contributed by atoms with Crippen LogP contribution in [0.4, 0.5) is 5.69 Å². The first kappa shape index (κ1) is 19.1. The smallest absolute Gasteiger partial charge is 0.256 e. The monoisotopic (exact) mass is 375 g/mol. The highest BCUT2D eigenvalue weighted by Gasteiger charge is 2.11. The molecule has 3 rings (SSSR count). The summed E-state index contributed by atoms with van der Waals surface area (Å²) < 4.78 is 0. The Morgan fingerprint density at radius 3 is 2.18 bits per heavy atom. The Morgan fingerprint density at radius 2 is 1.43 bits per heavy atom. The molecule has 3 amide bonds. The van der Waals surface area contributed by atoms with Crippen LogP contribution in [0.5, 0.6) is 0 Å². The Morgan fingerprint density at radius 1 is 0.750 bits per heavy atom. The van der Waals surface area contributed by atoms with Gasteiger partial charge in [0.1, 0.15) is 0 Å². The number of hydrogen-bond acceptors (Lipinski definition) is 3. The van der Waals surface area contributed by atoms with E-state index < -0.39 is 0 Å². The molecule has 3 aromatic rings. The molecule has 142 valence electrons. The van der Waals surface area contributed by atoms with Gasteiger partial charge < -0.3 is 16.0 Å². The number of nitrogens with one attached hydrogen (secondary N) is 3. The van der Waals surface area contributed by atoms with Crippen molar-refractivity contribution in [2.45, 2.75) is 6.92 Å². The van der Waals surface area contributed by atoms with Crippen LogP contribution >= 0.6 is 0 Å². The molecule has 0 radical (unpaired) electrons. The fraction of sp³-hybridized carbons (Fsp3) is 0.136. The quantitative estimate of drug-likeness (QED) is 0.579. The predicted octanol–water partition coefficient (Wildman–Crippen LogP) is 2.96. The van der Waals surface area contributed by atoms with Crippen molar-refractivity contribution < 1.29 is 14.4 Å². The van der Waals surface area contributed by atoms with Crippen molar-refractivity contribution in [2.75, 3.05) is 18.4 Å². The third kappa shape index (κ3) is 4.73. The van der Waals surface area contributed by atoms with E-state index in [0.29, 0.717) is 29.9 Å². The summed E-state index contributed by atoms with van der Waals surface area (Å²) in [6.45, 7) is 2.14. The molecule has 0 unspecified atom stereocenters. The minimum absolute atomic E-state index is 0.138. The molecule has 0 aliphatic carbocycles. The lowest BCUT2D eigenvalue weighted by atomic mass is 10.0. The summed E-state index contributed by atoms with van der Waals surface area (Å²) in [7, 11) is 0. The molecule has 0 atom stereocenters. The molecule has 0 aromatic heterocycles. The molecule has 0 bridgehead atoms. The number of benzene rings is 3. The molecule has 3 N–H and O–H groups in total. The zero-order chi connectivity index (χ0) is 19.9. The fourth-order valence-electron chi connectivity index (χ4n) is 2.84. The summed E-state index contributed by atoms with van der Waals surface area (Å²) in [5, 5.41) is 10.1. The molecule has 0 fully saturated rings. The van der Waals surface area contributed by atoms with Gasteiger partial charge in [-0.15, -0.1) is 0 Å². The van der Waals surface area contributed by atoms with Gasteiger partial charge in [-0.3, -0.25) is 14.4 Å². The summed E-state index contributed by atoms with van der Waals surface area (Å²) in [6.07, 6.45) is 0. The van der Waals surface area contributed by atoms with E-state index in [-0.39, 0.29) is 17.7 Å². The van der Waals surface area contributed by atoms with Crippen LogP contribution in [0.3, 0.4) is 0 Å². The van der Waals surface area contributed by atoms with Gasteiger partial charge in [-0.05, 0) is 41.1 Å². The number of carbonyl (C=O) groups excluding carboxylic acids is 3. The van der Waals surface area contributed by atoms with Crippen molar-refractivity contribution in [1.82, 2.24) is 10.6 Å². The van der Waals surface area contributed by atoms with Gasteiger partial charge in [0.05, 0.1) is 0 Å². The maximum atomic E-state index is 12.7. The summed E-state index contributed by atoms with van der Waals surface area (Å²) in [4.78, 5) is 35.5. The Labute approximate surface area is 162 Å². The van der Waals surface area contributed by atoms with E-state index >= 15 is 0 Å². The zero-order valence-electron chi connectivity index (χ0n) is 15.5. The Bertz CT molecular complexity index is 1010. The number of anilines is 1. The van der Waals surface area contributed by atoms with Crippen LogP contribution in [-0.2, 0) is 4.79 Å². The molecule has 3 aromatic carbocycles. The van der Waals surface area contributed by atoms with Gasteiger partial charge in [-0.1, -0.05) is 36.4 Å². The minimum atomic E-state index is -0.239. The topological polar surface area (TPSA) is 87.3 Å². The van der Waals surface area contributed by atoms with E-state index in [9.17, 15) is 14.4 Å². The lowest BCUT2D eigenvalue weighted by molar-refractivity contribution is -0.118. The highest BCUT2D eigenvalue weighted by atomic mass is 16.2. The number of hydrogen-bond donors (Lipinski definition) is 3. The SMILES string of the molecule is CC(=O)NCCNC(=O)c1ccc(NC(=O)c2cccc3ccccc23)cc1. The molecule has 0 saturated carbocycles. The summed E-state index contributed by atoms with van der Waals surface area (Å²) in [6, 6.07) is 20.0. The third-order valence-electron chi connectivity index (χ3n) is 4.22. The normalized spacial score (nSPS) is 10.3. The van der Waals surface area contributed by atoms with E-state index in [2.05, 4.69) is 16.0 Å². The maximum Gasteiger partial charge on any atom is 0.256 e. The largest absolute Gasteiger partial charge is 0.355 e. The molecule has 6 heteroatoms. The second-order valence-electron chi connectivity index (χ2n) is 6.30. The van der Waals surface area contributed by atoms with Crippen molar-refractivity contribution in [1.29, 1.82) is 0 Å². The van der Waals surface area contributed by atoms with Crippen LogP contribution in [0, 0.1) is 0 Å². The van der Waals surface area contributed by atoms with Crippen molar-refractivity contribution in [3.63, 3.8) is 0 Å². The van der Waals surface area contributed by atoms with Gasteiger partial charge in [0.15, 0.2) is 0 Å². The highest BCUT2D eigenvalue weighted by Crippen LogP contribution is 2.20. The van der Waals surface area contributed by atoms with Gasteiger partial charge in [0.2, 0.25) is 5.91 Å². The summed E-state index contributed by atoms with van der Waals surface area (Å²) in [5.74, 6) is -0.581. The fourth-order valence-corrected chi connectivity index (χ4v) is 2.84. The van der Waals surface area contributed by atoms with Crippen LogP contribution in [0.2, 0.25) is 0 Å². The van der Waals surface area contributed by atoms with Crippen LogP contribution in [0.25, 0.3) is 10.8 Å². The molecular formula is C22H21N3O3. The highest BCUT2D eigenvalue weighted by molar-refractivity contribution is 6.13. The first-order chi connectivity index (χ1) is 13.5. The molecule has 0 spiro atoms. The average Bonchev–Trinajstić information content (AvgIpc) is 2.71. The Hall–Kier alpha value is -3.67. The van der Waals surface area contributed by atoms with E-state index in [1.54, 1.807) is 30.3 Å². The Kier molecular flexibility index (Phi) is 6.01. The average molecular weight is 375 g/mol. The maximum absolute atomic E-state index is 12.7. The summed E-state index contributed by atoms with van der Waals surface area (Å²) in [5.41, 5.74) is 1.68. The lowest BCUT2D eigenvalue weighted by Crippen LogP contribution is -2.33. The zero-order valence-corrected chi connectivity index (χ0v) is 15.5. The molecule has 0 aliphatic heterocycles. The van der Waals surface area contributed by atoms with Crippen molar-refractivity contribution in [3.8, 4) is 0 Å². The molecule has 0 aliphatic rings. The number of amides is 3. The first-order valence-electron chi connectivity index (χ1n) is 8.96. The van der Waals surface area contributed by atoms with Gasteiger partial charge in [0, 0.05) is 36.8 Å². The number of rotatable bonds is 6. The minimum Gasteiger partial charge on any atom is -0.355 e. The van der Waals surface area contributed by atoms with Crippen LogP contribution < -0.4 is 16.0 Å².